The van der Waals surface area contributed by atoms with E-state index in [4.69, 9.17) is 23.2 Å². The molecule has 0 radical (unpaired) electrons. The molecular formula is C18H15Cl2F2N3O. The van der Waals surface area contributed by atoms with Crippen molar-refractivity contribution in [3.63, 3.8) is 0 Å². The van der Waals surface area contributed by atoms with E-state index < -0.39 is 17.9 Å². The number of benzene rings is 2. The number of para-hydroxylation sites is 1. The second-order valence-electron chi connectivity index (χ2n) is 5.83. The molecule has 0 saturated carbocycles. The van der Waals surface area contributed by atoms with E-state index in [1.54, 1.807) is 42.5 Å². The summed E-state index contributed by atoms with van der Waals surface area (Å²) in [5.74, 6) is -0.870. The van der Waals surface area contributed by atoms with E-state index in [9.17, 15) is 13.6 Å². The summed E-state index contributed by atoms with van der Waals surface area (Å²) >= 11 is 12.2. The maximum atomic E-state index is 13.6. The molecule has 26 heavy (non-hydrogen) atoms. The zero-order valence-corrected chi connectivity index (χ0v) is 15.2. The predicted molar refractivity (Wildman–Crippen MR) is 99.3 cm³/mol. The second kappa shape index (κ2) is 7.23. The lowest BCUT2D eigenvalue weighted by molar-refractivity contribution is -0.127. The van der Waals surface area contributed by atoms with Crippen LogP contribution < -0.4 is 10.7 Å². The van der Waals surface area contributed by atoms with Crippen molar-refractivity contribution in [2.75, 3.05) is 12.4 Å². The molecule has 3 rings (SSSR count). The smallest absolute Gasteiger partial charge is 0.270 e. The van der Waals surface area contributed by atoms with Crippen LogP contribution in [0, 0.1) is 0 Å². The Kier molecular flexibility index (Phi) is 5.18. The number of rotatable bonds is 4. The van der Waals surface area contributed by atoms with Crippen LogP contribution in [0.4, 0.5) is 14.5 Å². The number of nitrogens with zero attached hydrogens (tertiary/aromatic N) is 1. The molecule has 2 N–H and O–H groups in total. The molecule has 0 aromatic heterocycles. The van der Waals surface area contributed by atoms with Crippen LogP contribution in [0.3, 0.4) is 0 Å². The standard InChI is InChI=1S/C18H15Cl2F2N3O/c1-25-9-8-18(24-25,16(21)22)17(26)23-15-5-3-2-4-13(15)12-7-6-11(19)10-14(12)20/h2-10,16,24H,1H3,(H,23,26). The molecule has 0 spiro atoms. The molecule has 2 aromatic rings. The van der Waals surface area contributed by atoms with E-state index in [0.29, 0.717) is 26.9 Å². The van der Waals surface area contributed by atoms with Crippen LogP contribution in [0.1, 0.15) is 0 Å². The third-order valence-corrected chi connectivity index (χ3v) is 4.59. The first kappa shape index (κ1) is 18.6. The Hall–Kier alpha value is -2.15. The summed E-state index contributed by atoms with van der Waals surface area (Å²) in [7, 11) is 1.54. The van der Waals surface area contributed by atoms with Crippen LogP contribution in [0.5, 0.6) is 0 Å². The lowest BCUT2D eigenvalue weighted by Gasteiger charge is -2.28. The van der Waals surface area contributed by atoms with Crippen molar-refractivity contribution in [2.24, 2.45) is 0 Å². The molecule has 0 bridgehead atoms. The van der Waals surface area contributed by atoms with Gasteiger partial charge in [-0.2, -0.15) is 0 Å². The third kappa shape index (κ3) is 3.40. The maximum absolute atomic E-state index is 13.6. The van der Waals surface area contributed by atoms with Gasteiger partial charge in [0.25, 0.3) is 12.3 Å². The molecule has 1 heterocycles. The van der Waals surface area contributed by atoms with Gasteiger partial charge in [0.15, 0.2) is 5.54 Å². The summed E-state index contributed by atoms with van der Waals surface area (Å²) in [6, 6.07) is 11.8. The van der Waals surface area contributed by atoms with Gasteiger partial charge < -0.3 is 10.3 Å². The number of hydrazine groups is 1. The van der Waals surface area contributed by atoms with Crippen LogP contribution in [0.15, 0.2) is 54.7 Å². The van der Waals surface area contributed by atoms with Crippen LogP contribution >= 0.6 is 23.2 Å². The summed E-state index contributed by atoms with van der Waals surface area (Å²) in [4.78, 5) is 12.7. The van der Waals surface area contributed by atoms with E-state index in [1.807, 2.05) is 0 Å². The number of carbonyl (C=O) groups excluding carboxylic acids is 1. The average molecular weight is 398 g/mol. The molecule has 0 fully saturated rings. The first-order valence-corrected chi connectivity index (χ1v) is 8.43. The van der Waals surface area contributed by atoms with Gasteiger partial charge in [-0.15, -0.1) is 0 Å². The van der Waals surface area contributed by atoms with E-state index in [0.717, 1.165) is 6.08 Å². The van der Waals surface area contributed by atoms with Crippen molar-refractivity contribution in [1.29, 1.82) is 0 Å². The van der Waals surface area contributed by atoms with Gasteiger partial charge in [-0.05, 0) is 24.3 Å². The van der Waals surface area contributed by atoms with Gasteiger partial charge in [-0.3, -0.25) is 4.79 Å². The molecule has 0 saturated heterocycles. The van der Waals surface area contributed by atoms with Gasteiger partial charge in [0.05, 0.1) is 0 Å². The Balaban J connectivity index is 1.96. The van der Waals surface area contributed by atoms with Crippen molar-refractivity contribution >= 4 is 34.8 Å². The summed E-state index contributed by atoms with van der Waals surface area (Å²) in [5, 5.41) is 4.76. The van der Waals surface area contributed by atoms with Crippen molar-refractivity contribution in [2.45, 2.75) is 12.0 Å². The molecule has 2 aromatic carbocycles. The van der Waals surface area contributed by atoms with Gasteiger partial charge >= 0.3 is 0 Å². The van der Waals surface area contributed by atoms with Crippen LogP contribution in [0.2, 0.25) is 10.0 Å². The lowest BCUT2D eigenvalue weighted by Crippen LogP contribution is -2.58. The molecule has 1 aliphatic rings. The van der Waals surface area contributed by atoms with Crippen LogP contribution in [0.25, 0.3) is 11.1 Å². The number of hydrogen-bond donors (Lipinski definition) is 2. The Morgan fingerprint density at radius 2 is 1.92 bits per heavy atom. The Morgan fingerprint density at radius 1 is 1.19 bits per heavy atom. The quantitative estimate of drug-likeness (QED) is 0.794. The number of anilines is 1. The number of amides is 1. The van der Waals surface area contributed by atoms with E-state index >= 15 is 0 Å². The first-order chi connectivity index (χ1) is 12.3. The molecule has 8 heteroatoms. The van der Waals surface area contributed by atoms with Crippen LogP contribution in [-0.2, 0) is 4.79 Å². The zero-order valence-electron chi connectivity index (χ0n) is 13.6. The average Bonchev–Trinajstić information content (AvgIpc) is 2.99. The Morgan fingerprint density at radius 3 is 2.54 bits per heavy atom. The highest BCUT2D eigenvalue weighted by Gasteiger charge is 2.48. The van der Waals surface area contributed by atoms with Gasteiger partial charge in [-0.25, -0.2) is 14.2 Å². The molecule has 1 amide bonds. The molecule has 0 aliphatic carbocycles. The summed E-state index contributed by atoms with van der Waals surface area (Å²) in [6.07, 6.45) is -0.409. The van der Waals surface area contributed by atoms with Gasteiger partial charge in [-0.1, -0.05) is 47.5 Å². The fourth-order valence-electron chi connectivity index (χ4n) is 2.70. The zero-order chi connectivity index (χ0) is 18.9. The monoisotopic (exact) mass is 397 g/mol. The van der Waals surface area contributed by atoms with E-state index in [-0.39, 0.29) is 0 Å². The number of nitrogens with one attached hydrogen (secondary N) is 2. The summed E-state index contributed by atoms with van der Waals surface area (Å²) in [6.45, 7) is 0. The lowest BCUT2D eigenvalue weighted by atomic mass is 9.99. The molecule has 4 nitrogen and oxygen atoms in total. The second-order valence-corrected chi connectivity index (χ2v) is 6.68. The Bertz CT molecular complexity index is 875. The minimum atomic E-state index is -2.94. The molecular weight excluding hydrogens is 383 g/mol. The molecule has 136 valence electrons. The Labute approximate surface area is 159 Å². The van der Waals surface area contributed by atoms with Gasteiger partial charge in [0, 0.05) is 40.1 Å². The SMILES string of the molecule is CN1C=CC(C(=O)Nc2ccccc2-c2ccc(Cl)cc2Cl)(C(F)F)N1. The van der Waals surface area contributed by atoms with Crippen molar-refractivity contribution < 1.29 is 13.6 Å². The van der Waals surface area contributed by atoms with Crippen molar-refractivity contribution in [3.05, 3.63) is 64.8 Å². The topological polar surface area (TPSA) is 44.4 Å². The molecule has 1 aliphatic heterocycles. The van der Waals surface area contributed by atoms with Gasteiger partial charge in [0.2, 0.25) is 0 Å². The first-order valence-electron chi connectivity index (χ1n) is 7.67. The fourth-order valence-corrected chi connectivity index (χ4v) is 3.21. The molecule has 1 atom stereocenters. The van der Waals surface area contributed by atoms with Gasteiger partial charge in [0.1, 0.15) is 0 Å². The minimum Gasteiger partial charge on any atom is -0.323 e. The predicted octanol–water partition coefficient (Wildman–Crippen LogP) is 4.57. The molecule has 1 unspecified atom stereocenters. The number of halogens is 4. The van der Waals surface area contributed by atoms with Crippen molar-refractivity contribution in [3.8, 4) is 11.1 Å². The highest BCUT2D eigenvalue weighted by molar-refractivity contribution is 6.36. The maximum Gasteiger partial charge on any atom is 0.270 e. The normalized spacial score (nSPS) is 19.2. The number of alkyl halides is 2. The highest BCUT2D eigenvalue weighted by atomic mass is 35.5. The summed E-state index contributed by atoms with van der Waals surface area (Å²) in [5.41, 5.74) is 1.94. The van der Waals surface area contributed by atoms with Crippen LogP contribution in [-0.4, -0.2) is 29.9 Å². The van der Waals surface area contributed by atoms with Crippen molar-refractivity contribution in [1.82, 2.24) is 10.4 Å². The summed E-state index contributed by atoms with van der Waals surface area (Å²) < 4.78 is 27.2. The highest BCUT2D eigenvalue weighted by Crippen LogP contribution is 2.35. The minimum absolute atomic E-state index is 0.367. The number of hydrogen-bond acceptors (Lipinski definition) is 3. The van der Waals surface area contributed by atoms with E-state index in [2.05, 4.69) is 10.7 Å². The third-order valence-electron chi connectivity index (χ3n) is 4.04. The number of carbonyl (C=O) groups is 1. The fraction of sp³-hybridized carbons (Fsp3) is 0.167. The largest absolute Gasteiger partial charge is 0.323 e. The van der Waals surface area contributed by atoms with E-state index in [1.165, 1.54) is 18.3 Å².